The topological polar surface area (TPSA) is 55.6 Å². The van der Waals surface area contributed by atoms with E-state index in [-0.39, 0.29) is 5.54 Å². The van der Waals surface area contributed by atoms with Crippen LogP contribution in [0, 0.1) is 0 Å². The molecule has 0 spiro atoms. The monoisotopic (exact) mass is 253 g/mol. The van der Waals surface area contributed by atoms with Crippen LogP contribution in [0.3, 0.4) is 0 Å². The SMILES string of the molecule is CCCCCC(C)n1nnnc1CNC(C)(C)C. The van der Waals surface area contributed by atoms with Gasteiger partial charge < -0.3 is 5.32 Å². The van der Waals surface area contributed by atoms with Crippen molar-refractivity contribution in [2.45, 2.75) is 78.4 Å². The molecule has 1 heterocycles. The van der Waals surface area contributed by atoms with Crippen LogP contribution in [0.5, 0.6) is 0 Å². The average molecular weight is 253 g/mol. The van der Waals surface area contributed by atoms with Crippen LogP contribution >= 0.6 is 0 Å². The minimum atomic E-state index is 0.0855. The molecule has 0 saturated carbocycles. The summed E-state index contributed by atoms with van der Waals surface area (Å²) in [5.74, 6) is 0.925. The number of rotatable bonds is 7. The zero-order valence-corrected chi connectivity index (χ0v) is 12.4. The Labute approximate surface area is 110 Å². The molecule has 104 valence electrons. The van der Waals surface area contributed by atoms with Gasteiger partial charge in [0.1, 0.15) is 0 Å². The molecule has 0 amide bonds. The van der Waals surface area contributed by atoms with Crippen molar-refractivity contribution in [1.29, 1.82) is 0 Å². The summed E-state index contributed by atoms with van der Waals surface area (Å²) in [6, 6.07) is 0.378. The molecular weight excluding hydrogens is 226 g/mol. The van der Waals surface area contributed by atoms with Crippen molar-refractivity contribution in [2.75, 3.05) is 0 Å². The Bertz CT molecular complexity index is 339. The summed E-state index contributed by atoms with van der Waals surface area (Å²) >= 11 is 0. The predicted molar refractivity (Wildman–Crippen MR) is 73.3 cm³/mol. The molecule has 0 fully saturated rings. The average Bonchev–Trinajstić information content (AvgIpc) is 2.73. The molecule has 0 saturated heterocycles. The van der Waals surface area contributed by atoms with Gasteiger partial charge >= 0.3 is 0 Å². The number of hydrogen-bond acceptors (Lipinski definition) is 4. The summed E-state index contributed by atoms with van der Waals surface area (Å²) in [6.07, 6.45) is 4.91. The van der Waals surface area contributed by atoms with Crippen LogP contribution in [0.2, 0.25) is 0 Å². The van der Waals surface area contributed by atoms with Crippen molar-refractivity contribution in [2.24, 2.45) is 0 Å². The number of aromatic nitrogens is 4. The van der Waals surface area contributed by atoms with Crippen LogP contribution in [-0.4, -0.2) is 25.7 Å². The second-order valence-corrected chi connectivity index (χ2v) is 5.99. The lowest BCUT2D eigenvalue weighted by Crippen LogP contribution is -2.36. The fourth-order valence-corrected chi connectivity index (χ4v) is 1.83. The van der Waals surface area contributed by atoms with Crippen molar-refractivity contribution in [1.82, 2.24) is 25.5 Å². The van der Waals surface area contributed by atoms with Crippen LogP contribution in [0.15, 0.2) is 0 Å². The third kappa shape index (κ3) is 5.12. The van der Waals surface area contributed by atoms with E-state index >= 15 is 0 Å². The zero-order chi connectivity index (χ0) is 13.6. The first-order chi connectivity index (χ1) is 8.44. The van der Waals surface area contributed by atoms with E-state index in [0.717, 1.165) is 12.2 Å². The highest BCUT2D eigenvalue weighted by atomic mass is 15.6. The summed E-state index contributed by atoms with van der Waals surface area (Å²) in [7, 11) is 0. The first-order valence-electron chi connectivity index (χ1n) is 6.96. The van der Waals surface area contributed by atoms with Crippen molar-refractivity contribution in [3.05, 3.63) is 5.82 Å². The van der Waals surface area contributed by atoms with E-state index in [9.17, 15) is 0 Å². The van der Waals surface area contributed by atoms with Gasteiger partial charge in [-0.1, -0.05) is 26.2 Å². The molecule has 1 N–H and O–H groups in total. The second kappa shape index (κ2) is 6.83. The van der Waals surface area contributed by atoms with Crippen LogP contribution < -0.4 is 5.32 Å². The maximum Gasteiger partial charge on any atom is 0.165 e. The van der Waals surface area contributed by atoms with Gasteiger partial charge in [0, 0.05) is 5.54 Å². The molecule has 1 atom stereocenters. The zero-order valence-electron chi connectivity index (χ0n) is 12.4. The third-order valence-electron chi connectivity index (χ3n) is 2.98. The molecule has 5 heteroatoms. The summed E-state index contributed by atoms with van der Waals surface area (Å²) in [6.45, 7) is 11.6. The first kappa shape index (κ1) is 15.1. The Hall–Kier alpha value is -0.970. The molecule has 1 rings (SSSR count). The number of unbranched alkanes of at least 4 members (excludes halogenated alkanes) is 2. The van der Waals surface area contributed by atoms with Gasteiger partial charge in [0.05, 0.1) is 12.6 Å². The Morgan fingerprint density at radius 3 is 2.61 bits per heavy atom. The van der Waals surface area contributed by atoms with Gasteiger partial charge in [0.15, 0.2) is 5.82 Å². The van der Waals surface area contributed by atoms with Crippen LogP contribution in [0.25, 0.3) is 0 Å². The van der Waals surface area contributed by atoms with Gasteiger partial charge in [0.25, 0.3) is 0 Å². The Balaban J connectivity index is 2.53. The van der Waals surface area contributed by atoms with E-state index in [1.165, 1.54) is 19.3 Å². The third-order valence-corrected chi connectivity index (χ3v) is 2.98. The molecule has 0 aliphatic rings. The number of tetrazole rings is 1. The second-order valence-electron chi connectivity index (χ2n) is 5.99. The van der Waals surface area contributed by atoms with Crippen LogP contribution in [0.1, 0.15) is 72.2 Å². The minimum Gasteiger partial charge on any atom is -0.305 e. The molecule has 0 aliphatic carbocycles. The summed E-state index contributed by atoms with van der Waals surface area (Å²) in [5, 5.41) is 15.4. The standard InChI is InChI=1S/C13H27N5/c1-6-7-8-9-11(2)18-12(15-16-17-18)10-14-13(3,4)5/h11,14H,6-10H2,1-5H3. The molecule has 18 heavy (non-hydrogen) atoms. The van der Waals surface area contributed by atoms with E-state index in [4.69, 9.17) is 0 Å². The van der Waals surface area contributed by atoms with E-state index < -0.39 is 0 Å². The molecule has 0 bridgehead atoms. The molecule has 1 aromatic heterocycles. The van der Waals surface area contributed by atoms with Crippen LogP contribution in [0.4, 0.5) is 0 Å². The molecule has 1 aromatic rings. The Morgan fingerprint density at radius 2 is 2.00 bits per heavy atom. The maximum atomic E-state index is 4.11. The summed E-state index contributed by atoms with van der Waals surface area (Å²) in [4.78, 5) is 0. The lowest BCUT2D eigenvalue weighted by molar-refractivity contribution is 0.380. The van der Waals surface area contributed by atoms with Gasteiger partial charge in [0.2, 0.25) is 0 Å². The highest BCUT2D eigenvalue weighted by molar-refractivity contribution is 4.85. The fourth-order valence-electron chi connectivity index (χ4n) is 1.83. The van der Waals surface area contributed by atoms with E-state index in [1.54, 1.807) is 0 Å². The van der Waals surface area contributed by atoms with E-state index in [1.807, 2.05) is 4.68 Å². The molecule has 0 aliphatic heterocycles. The molecule has 1 unspecified atom stereocenters. The predicted octanol–water partition coefficient (Wildman–Crippen LogP) is 2.70. The first-order valence-corrected chi connectivity index (χ1v) is 6.96. The molecule has 0 radical (unpaired) electrons. The van der Waals surface area contributed by atoms with E-state index in [0.29, 0.717) is 12.6 Å². The van der Waals surface area contributed by atoms with Gasteiger partial charge in [-0.2, -0.15) is 0 Å². The largest absolute Gasteiger partial charge is 0.305 e. The van der Waals surface area contributed by atoms with Crippen LogP contribution in [-0.2, 0) is 6.54 Å². The quantitative estimate of drug-likeness (QED) is 0.759. The van der Waals surface area contributed by atoms with Gasteiger partial charge in [-0.05, 0) is 44.5 Å². The number of nitrogens with zero attached hydrogens (tertiary/aromatic N) is 4. The fraction of sp³-hybridized carbons (Fsp3) is 0.923. The number of nitrogens with one attached hydrogen (secondary N) is 1. The van der Waals surface area contributed by atoms with Crippen molar-refractivity contribution >= 4 is 0 Å². The summed E-state index contributed by atoms with van der Waals surface area (Å²) < 4.78 is 1.95. The molecular formula is C13H27N5. The lowest BCUT2D eigenvalue weighted by atomic mass is 10.1. The molecule has 0 aromatic carbocycles. The summed E-state index contributed by atoms with van der Waals surface area (Å²) in [5.41, 5.74) is 0.0855. The van der Waals surface area contributed by atoms with Gasteiger partial charge in [-0.25, -0.2) is 4.68 Å². The lowest BCUT2D eigenvalue weighted by Gasteiger charge is -2.21. The van der Waals surface area contributed by atoms with E-state index in [2.05, 4.69) is 55.5 Å². The smallest absolute Gasteiger partial charge is 0.165 e. The van der Waals surface area contributed by atoms with Crippen molar-refractivity contribution < 1.29 is 0 Å². The number of hydrogen-bond donors (Lipinski definition) is 1. The normalized spacial score (nSPS) is 13.8. The highest BCUT2D eigenvalue weighted by Gasteiger charge is 2.15. The minimum absolute atomic E-state index is 0.0855. The van der Waals surface area contributed by atoms with Crippen molar-refractivity contribution in [3.63, 3.8) is 0 Å². The van der Waals surface area contributed by atoms with Gasteiger partial charge in [-0.3, -0.25) is 0 Å². The van der Waals surface area contributed by atoms with Crippen molar-refractivity contribution in [3.8, 4) is 0 Å². The Morgan fingerprint density at radius 1 is 1.28 bits per heavy atom. The Kier molecular flexibility index (Phi) is 5.72. The highest BCUT2D eigenvalue weighted by Crippen LogP contribution is 2.15. The van der Waals surface area contributed by atoms with Gasteiger partial charge in [-0.15, -0.1) is 5.10 Å². The molecule has 5 nitrogen and oxygen atoms in total. The maximum absolute atomic E-state index is 4.11.